The van der Waals surface area contributed by atoms with Crippen molar-refractivity contribution in [1.82, 2.24) is 9.21 Å². The van der Waals surface area contributed by atoms with E-state index in [1.165, 1.54) is 0 Å². The largest absolute Gasteiger partial charge is 0.381 e. The van der Waals surface area contributed by atoms with Crippen molar-refractivity contribution in [2.75, 3.05) is 51.3 Å². The minimum absolute atomic E-state index is 0.0849. The molecular formula is C24H31N3O4S. The van der Waals surface area contributed by atoms with Gasteiger partial charge < -0.3 is 15.0 Å². The van der Waals surface area contributed by atoms with Gasteiger partial charge in [0.25, 0.3) is 0 Å². The molecule has 7 nitrogen and oxygen atoms in total. The Morgan fingerprint density at radius 3 is 2.19 bits per heavy atom. The lowest BCUT2D eigenvalue weighted by atomic mass is 9.73. The predicted octanol–water partition coefficient (Wildman–Crippen LogP) is 2.70. The lowest BCUT2D eigenvalue weighted by molar-refractivity contribution is -0.125. The van der Waals surface area contributed by atoms with Crippen LogP contribution >= 0.6 is 0 Å². The number of sulfonamides is 1. The molecule has 2 aromatic carbocycles. The van der Waals surface area contributed by atoms with Crippen molar-refractivity contribution in [3.63, 3.8) is 0 Å². The maximum atomic E-state index is 13.4. The van der Waals surface area contributed by atoms with Crippen LogP contribution in [0.4, 0.5) is 5.69 Å². The zero-order valence-electron chi connectivity index (χ0n) is 18.5. The molecule has 0 saturated carbocycles. The second-order valence-corrected chi connectivity index (χ2v) is 10.3. The lowest BCUT2D eigenvalue weighted by Crippen LogP contribution is -2.48. The summed E-state index contributed by atoms with van der Waals surface area (Å²) < 4.78 is 33.1. The molecule has 0 aliphatic carbocycles. The van der Waals surface area contributed by atoms with Crippen LogP contribution in [0.15, 0.2) is 59.5 Å². The van der Waals surface area contributed by atoms with Crippen molar-refractivity contribution < 1.29 is 17.9 Å². The van der Waals surface area contributed by atoms with E-state index >= 15 is 0 Å². The fourth-order valence-electron chi connectivity index (χ4n) is 4.52. The van der Waals surface area contributed by atoms with Crippen LogP contribution in [0.5, 0.6) is 0 Å². The third-order valence-electron chi connectivity index (χ3n) is 6.64. The van der Waals surface area contributed by atoms with Gasteiger partial charge in [-0.05, 0) is 49.2 Å². The Morgan fingerprint density at radius 1 is 0.969 bits per heavy atom. The number of rotatable bonds is 6. The molecule has 172 valence electrons. The highest BCUT2D eigenvalue weighted by Gasteiger charge is 2.41. The molecular weight excluding hydrogens is 426 g/mol. The van der Waals surface area contributed by atoms with E-state index in [0.717, 1.165) is 25.2 Å². The average molecular weight is 458 g/mol. The molecule has 2 aliphatic heterocycles. The normalized spacial score (nSPS) is 20.0. The number of nitrogens with one attached hydrogen (secondary N) is 1. The van der Waals surface area contributed by atoms with Crippen LogP contribution in [0.3, 0.4) is 0 Å². The van der Waals surface area contributed by atoms with Gasteiger partial charge >= 0.3 is 0 Å². The van der Waals surface area contributed by atoms with E-state index in [4.69, 9.17) is 4.74 Å². The molecule has 2 heterocycles. The van der Waals surface area contributed by atoms with Gasteiger partial charge in [0.1, 0.15) is 0 Å². The van der Waals surface area contributed by atoms with Gasteiger partial charge in [-0.25, -0.2) is 8.42 Å². The van der Waals surface area contributed by atoms with Crippen molar-refractivity contribution in [2.45, 2.75) is 30.1 Å². The van der Waals surface area contributed by atoms with Crippen LogP contribution in [0.25, 0.3) is 0 Å². The third kappa shape index (κ3) is 4.59. The van der Waals surface area contributed by atoms with Crippen LogP contribution in [-0.2, 0) is 25.0 Å². The molecule has 1 N–H and O–H groups in total. The van der Waals surface area contributed by atoms with E-state index in [0.29, 0.717) is 44.8 Å². The molecule has 0 spiro atoms. The third-order valence-corrected chi connectivity index (χ3v) is 8.55. The van der Waals surface area contributed by atoms with Gasteiger partial charge in [0.15, 0.2) is 0 Å². The van der Waals surface area contributed by atoms with Crippen LogP contribution in [0, 0.1) is 0 Å². The highest BCUT2D eigenvalue weighted by molar-refractivity contribution is 7.89. The fraction of sp³-hybridized carbons (Fsp3) is 0.458. The molecule has 2 aromatic rings. The van der Waals surface area contributed by atoms with Crippen molar-refractivity contribution in [1.29, 1.82) is 0 Å². The molecule has 0 aromatic heterocycles. The number of nitrogens with zero attached hydrogens (tertiary/aromatic N) is 2. The van der Waals surface area contributed by atoms with Crippen LogP contribution in [-0.4, -0.2) is 69.5 Å². The Balaban J connectivity index is 1.49. The van der Waals surface area contributed by atoms with Gasteiger partial charge in [0.2, 0.25) is 15.9 Å². The Kier molecular flexibility index (Phi) is 6.95. The fourth-order valence-corrected chi connectivity index (χ4v) is 5.94. The first-order chi connectivity index (χ1) is 15.5. The average Bonchev–Trinajstić information content (AvgIpc) is 2.85. The van der Waals surface area contributed by atoms with Gasteiger partial charge in [-0.15, -0.1) is 0 Å². The van der Waals surface area contributed by atoms with E-state index in [1.807, 2.05) is 30.3 Å². The first kappa shape index (κ1) is 22.9. The van der Waals surface area contributed by atoms with Crippen LogP contribution in [0.2, 0.25) is 0 Å². The summed E-state index contributed by atoms with van der Waals surface area (Å²) in [5, 5.41) is 3.01. The van der Waals surface area contributed by atoms with Gasteiger partial charge in [-0.2, -0.15) is 4.31 Å². The van der Waals surface area contributed by atoms with Gasteiger partial charge in [0, 0.05) is 45.1 Å². The maximum absolute atomic E-state index is 13.4. The Hall–Kier alpha value is -2.26. The molecule has 2 saturated heterocycles. The Bertz CT molecular complexity index is 1010. The molecule has 0 radical (unpaired) electrons. The monoisotopic (exact) mass is 457 g/mol. The number of piperazine rings is 1. The Labute approximate surface area is 190 Å². The van der Waals surface area contributed by atoms with E-state index in [2.05, 4.69) is 17.1 Å². The molecule has 0 bridgehead atoms. The molecule has 1 amide bonds. The van der Waals surface area contributed by atoms with Gasteiger partial charge in [0.05, 0.1) is 10.3 Å². The molecule has 2 aliphatic rings. The highest BCUT2D eigenvalue weighted by atomic mass is 32.2. The standard InChI is InChI=1S/C24H31N3O4S/c1-2-26-14-16-27(17-15-26)32(29,30)22-10-8-21(9-11-22)25-23(28)24(12-18-31-19-13-24)20-6-4-3-5-7-20/h3-11H,2,12-19H2,1H3,(H,25,28). The first-order valence-electron chi connectivity index (χ1n) is 11.2. The number of ether oxygens (including phenoxy) is 1. The van der Waals surface area contributed by atoms with Crippen LogP contribution in [0.1, 0.15) is 25.3 Å². The van der Waals surface area contributed by atoms with E-state index in [-0.39, 0.29) is 10.8 Å². The summed E-state index contributed by atoms with van der Waals surface area (Å²) in [6.07, 6.45) is 1.22. The number of carbonyl (C=O) groups is 1. The van der Waals surface area contributed by atoms with E-state index in [9.17, 15) is 13.2 Å². The van der Waals surface area contributed by atoms with E-state index in [1.54, 1.807) is 28.6 Å². The number of carbonyl (C=O) groups excluding carboxylic acids is 1. The highest BCUT2D eigenvalue weighted by Crippen LogP contribution is 2.36. The van der Waals surface area contributed by atoms with Gasteiger partial charge in [-0.3, -0.25) is 4.79 Å². The smallest absolute Gasteiger partial charge is 0.243 e. The number of amides is 1. The number of anilines is 1. The second kappa shape index (κ2) is 9.70. The first-order valence-corrected chi connectivity index (χ1v) is 12.7. The molecule has 0 unspecified atom stereocenters. The van der Waals surface area contributed by atoms with Crippen molar-refractivity contribution >= 4 is 21.6 Å². The van der Waals surface area contributed by atoms with Crippen molar-refractivity contribution in [3.8, 4) is 0 Å². The van der Waals surface area contributed by atoms with Crippen molar-refractivity contribution in [2.24, 2.45) is 0 Å². The number of hydrogen-bond donors (Lipinski definition) is 1. The zero-order valence-corrected chi connectivity index (χ0v) is 19.3. The summed E-state index contributed by atoms with van der Waals surface area (Å²) >= 11 is 0. The summed E-state index contributed by atoms with van der Waals surface area (Å²) in [6, 6.07) is 16.3. The quantitative estimate of drug-likeness (QED) is 0.722. The van der Waals surface area contributed by atoms with Gasteiger partial charge in [-0.1, -0.05) is 37.3 Å². The predicted molar refractivity (Wildman–Crippen MR) is 124 cm³/mol. The molecule has 4 rings (SSSR count). The van der Waals surface area contributed by atoms with Crippen molar-refractivity contribution in [3.05, 3.63) is 60.2 Å². The number of hydrogen-bond acceptors (Lipinski definition) is 5. The topological polar surface area (TPSA) is 79.0 Å². The lowest BCUT2D eigenvalue weighted by Gasteiger charge is -2.36. The summed E-state index contributed by atoms with van der Waals surface area (Å²) in [6.45, 7) is 6.56. The van der Waals surface area contributed by atoms with E-state index < -0.39 is 15.4 Å². The summed E-state index contributed by atoms with van der Waals surface area (Å²) in [5.74, 6) is -0.0849. The summed E-state index contributed by atoms with van der Waals surface area (Å²) in [4.78, 5) is 15.9. The maximum Gasteiger partial charge on any atom is 0.243 e. The molecule has 32 heavy (non-hydrogen) atoms. The zero-order chi connectivity index (χ0) is 22.6. The van der Waals surface area contributed by atoms with Crippen LogP contribution < -0.4 is 5.32 Å². The number of likely N-dealkylation sites (N-methyl/N-ethyl adjacent to an activating group) is 1. The molecule has 8 heteroatoms. The summed E-state index contributed by atoms with van der Waals surface area (Å²) in [5.41, 5.74) is 0.918. The minimum atomic E-state index is -3.54. The Morgan fingerprint density at radius 2 is 1.59 bits per heavy atom. The number of benzene rings is 2. The second-order valence-electron chi connectivity index (χ2n) is 8.38. The summed E-state index contributed by atoms with van der Waals surface area (Å²) in [7, 11) is -3.54. The molecule has 0 atom stereocenters. The minimum Gasteiger partial charge on any atom is -0.381 e. The SMILES string of the molecule is CCN1CCN(S(=O)(=O)c2ccc(NC(=O)C3(c4ccccc4)CCOCC3)cc2)CC1. The molecule has 2 fully saturated rings.